The third-order valence-corrected chi connectivity index (χ3v) is 0.882. The van der Waals surface area contributed by atoms with Gasteiger partial charge in [0.25, 0.3) is 0 Å². The molecule has 1 rings (SSSR count). The van der Waals surface area contributed by atoms with Gasteiger partial charge in [-0.3, -0.25) is 0 Å². The Hall–Kier alpha value is -0.128. The van der Waals surface area contributed by atoms with E-state index in [1.54, 1.807) is 12.2 Å². The fraction of sp³-hybridized carbons (Fsp3) is 0. The molecule has 3 heteroatoms. The van der Waals surface area contributed by atoms with E-state index in [0.717, 1.165) is 0 Å². The number of hydrogen-bond acceptors (Lipinski definition) is 0. The third-order valence-electron chi connectivity index (χ3n) is 0.882. The van der Waals surface area contributed by atoms with Crippen LogP contribution in [0.4, 0.5) is 0 Å². The molecule has 0 heterocycles. The van der Waals surface area contributed by atoms with Crippen molar-refractivity contribution in [1.82, 2.24) is 0 Å². The maximum Gasteiger partial charge on any atom is 2.00 e. The molecule has 0 aromatic heterocycles. The van der Waals surface area contributed by atoms with E-state index in [0.29, 0.717) is 0 Å². The van der Waals surface area contributed by atoms with Gasteiger partial charge in [0, 0.05) is 0 Å². The van der Waals surface area contributed by atoms with Gasteiger partial charge in [0.2, 0.25) is 0 Å². The SMILES string of the molecule is [N-]=C1C=CC=CC1=[N-].[U+2]. The first-order chi connectivity index (χ1) is 3.80. The standard InChI is InChI=1S/C6H4N2.U/c7-5-3-1-2-4-6(5)8;/h1-4H;/q-2;+2. The van der Waals surface area contributed by atoms with Gasteiger partial charge >= 0.3 is 31.1 Å². The van der Waals surface area contributed by atoms with Crippen molar-refractivity contribution in [2.75, 3.05) is 0 Å². The summed E-state index contributed by atoms with van der Waals surface area (Å²) >= 11 is 0. The van der Waals surface area contributed by atoms with Gasteiger partial charge in [-0.15, -0.1) is 0 Å². The van der Waals surface area contributed by atoms with Crippen molar-refractivity contribution < 1.29 is 31.1 Å². The first-order valence-electron chi connectivity index (χ1n) is 2.27. The van der Waals surface area contributed by atoms with Gasteiger partial charge in [0.1, 0.15) is 0 Å². The number of rotatable bonds is 0. The second-order valence-corrected chi connectivity index (χ2v) is 1.49. The molecule has 0 radical (unpaired) electrons. The van der Waals surface area contributed by atoms with Crippen molar-refractivity contribution >= 4 is 11.4 Å². The van der Waals surface area contributed by atoms with Crippen LogP contribution in [0.1, 0.15) is 0 Å². The fourth-order valence-electron chi connectivity index (χ4n) is 0.464. The van der Waals surface area contributed by atoms with E-state index in [4.69, 9.17) is 10.8 Å². The molecule has 0 saturated heterocycles. The molecular weight excluding hydrogens is 338 g/mol. The molecule has 0 aromatic rings. The predicted molar refractivity (Wildman–Crippen MR) is 35.0 cm³/mol. The maximum absolute atomic E-state index is 8.67. The van der Waals surface area contributed by atoms with E-state index >= 15 is 0 Å². The third kappa shape index (κ3) is 2.30. The smallest absolute Gasteiger partial charge is 0.805 e. The van der Waals surface area contributed by atoms with E-state index in [1.165, 1.54) is 12.2 Å². The van der Waals surface area contributed by atoms with Crippen molar-refractivity contribution in [2.24, 2.45) is 0 Å². The van der Waals surface area contributed by atoms with Crippen LogP contribution in [0.2, 0.25) is 0 Å². The van der Waals surface area contributed by atoms with Crippen LogP contribution in [0.3, 0.4) is 0 Å². The summed E-state index contributed by atoms with van der Waals surface area (Å²) in [5.74, 6) is 0. The van der Waals surface area contributed by atoms with Crippen molar-refractivity contribution in [2.45, 2.75) is 0 Å². The number of hydrogen-bond donors (Lipinski definition) is 0. The molecule has 0 saturated carbocycles. The Morgan fingerprint density at radius 3 is 1.44 bits per heavy atom. The largest absolute Gasteiger partial charge is 2.00 e. The zero-order valence-electron chi connectivity index (χ0n) is 4.70. The van der Waals surface area contributed by atoms with E-state index in [2.05, 4.69) is 0 Å². The molecule has 9 heavy (non-hydrogen) atoms. The van der Waals surface area contributed by atoms with E-state index in [-0.39, 0.29) is 42.5 Å². The van der Waals surface area contributed by atoms with Crippen LogP contribution in [0.15, 0.2) is 24.3 Å². The molecule has 0 aliphatic heterocycles. The molecule has 42 valence electrons. The summed E-state index contributed by atoms with van der Waals surface area (Å²) in [5, 5.41) is 17.3. The average Bonchev–Trinajstić information content (AvgIpc) is 1.77. The van der Waals surface area contributed by atoms with E-state index < -0.39 is 0 Å². The fourth-order valence-corrected chi connectivity index (χ4v) is 0.464. The second-order valence-electron chi connectivity index (χ2n) is 1.49. The summed E-state index contributed by atoms with van der Waals surface area (Å²) in [4.78, 5) is 0. The topological polar surface area (TPSA) is 44.6 Å². The Balaban J connectivity index is 0.000000640. The van der Waals surface area contributed by atoms with Crippen LogP contribution < -0.4 is 0 Å². The zero-order valence-corrected chi connectivity index (χ0v) is 8.87. The normalized spacial score (nSPS) is 15.6. The second kappa shape index (κ2) is 3.81. The van der Waals surface area contributed by atoms with E-state index in [9.17, 15) is 0 Å². The van der Waals surface area contributed by atoms with Crippen LogP contribution in [0.5, 0.6) is 0 Å². The molecule has 0 N–H and O–H groups in total. The maximum atomic E-state index is 8.67. The molecule has 0 fully saturated rings. The van der Waals surface area contributed by atoms with Crippen molar-refractivity contribution in [1.29, 1.82) is 0 Å². The molecule has 0 spiro atoms. The van der Waals surface area contributed by atoms with Crippen LogP contribution in [0.25, 0.3) is 10.8 Å². The molecule has 1 aliphatic rings. The van der Waals surface area contributed by atoms with Gasteiger partial charge in [0.15, 0.2) is 0 Å². The monoisotopic (exact) mass is 342 g/mol. The van der Waals surface area contributed by atoms with Gasteiger partial charge in [-0.1, -0.05) is 24.3 Å². The van der Waals surface area contributed by atoms with Crippen molar-refractivity contribution in [3.63, 3.8) is 0 Å². The predicted octanol–water partition coefficient (Wildman–Crippen LogP) is 1.13. The Morgan fingerprint density at radius 2 is 1.22 bits per heavy atom. The quantitative estimate of drug-likeness (QED) is 0.593. The molecular formula is C6H4N2U. The summed E-state index contributed by atoms with van der Waals surface area (Å²) in [7, 11) is 0. The van der Waals surface area contributed by atoms with Gasteiger partial charge < -0.3 is 10.8 Å². The molecule has 0 aromatic carbocycles. The van der Waals surface area contributed by atoms with Crippen LogP contribution in [0, 0.1) is 31.1 Å². The average molecular weight is 342 g/mol. The summed E-state index contributed by atoms with van der Waals surface area (Å²) in [6, 6.07) is 0. The minimum absolute atomic E-state index is 0. The van der Waals surface area contributed by atoms with Crippen LogP contribution in [-0.4, -0.2) is 11.4 Å². The van der Waals surface area contributed by atoms with E-state index in [1.807, 2.05) is 0 Å². The minimum Gasteiger partial charge on any atom is -0.805 e. The molecule has 0 unspecified atom stereocenters. The first kappa shape index (κ1) is 8.87. The molecule has 0 bridgehead atoms. The molecule has 1 aliphatic carbocycles. The summed E-state index contributed by atoms with van der Waals surface area (Å²) in [6.45, 7) is 0. The Bertz CT molecular complexity index is 169. The number of nitrogens with zero attached hydrogens (tertiary/aromatic N) is 2. The molecule has 2 nitrogen and oxygen atoms in total. The Morgan fingerprint density at radius 1 is 0.889 bits per heavy atom. The molecule has 0 atom stereocenters. The van der Waals surface area contributed by atoms with Crippen LogP contribution in [-0.2, 0) is 0 Å². The van der Waals surface area contributed by atoms with Crippen molar-refractivity contribution in [3.05, 3.63) is 35.1 Å². The van der Waals surface area contributed by atoms with Gasteiger partial charge in [-0.2, -0.15) is 11.4 Å². The summed E-state index contributed by atoms with van der Waals surface area (Å²) in [6.07, 6.45) is 6.15. The zero-order chi connectivity index (χ0) is 5.98. The number of allylic oxidation sites excluding steroid dienone is 4. The van der Waals surface area contributed by atoms with Gasteiger partial charge in [-0.25, -0.2) is 0 Å². The van der Waals surface area contributed by atoms with Crippen molar-refractivity contribution in [3.8, 4) is 0 Å². The van der Waals surface area contributed by atoms with Gasteiger partial charge in [-0.05, 0) is 0 Å². The summed E-state index contributed by atoms with van der Waals surface area (Å²) < 4.78 is 0. The Kier molecular flexibility index (Phi) is 3.76. The Labute approximate surface area is 77.4 Å². The molecule has 0 amide bonds. The van der Waals surface area contributed by atoms with Crippen LogP contribution >= 0.6 is 0 Å². The van der Waals surface area contributed by atoms with Gasteiger partial charge in [0.05, 0.1) is 0 Å². The first-order valence-corrected chi connectivity index (χ1v) is 2.27. The summed E-state index contributed by atoms with van der Waals surface area (Å²) in [5.41, 5.74) is -0.153. The minimum atomic E-state index is -0.0764.